The molecule has 0 aromatic carbocycles. The minimum Gasteiger partial charge on any atom is -0.323 e. The van der Waals surface area contributed by atoms with Gasteiger partial charge in [0.05, 0.1) is 6.20 Å². The molecule has 0 amide bonds. The normalized spacial score (nSPS) is 13.2. The zero-order chi connectivity index (χ0) is 8.97. The third kappa shape index (κ3) is 2.25. The molecule has 68 valence electrons. The Morgan fingerprint density at radius 1 is 1.75 bits per heavy atom. The Bertz CT molecular complexity index is 234. The van der Waals surface area contributed by atoms with Crippen molar-refractivity contribution in [2.75, 3.05) is 12.0 Å². The van der Waals surface area contributed by atoms with E-state index >= 15 is 0 Å². The van der Waals surface area contributed by atoms with Crippen molar-refractivity contribution in [3.63, 3.8) is 0 Å². The SMILES string of the molecule is CCn1cc(C(N)CSC)cn1. The van der Waals surface area contributed by atoms with Gasteiger partial charge in [0, 0.05) is 30.1 Å². The number of rotatable bonds is 4. The highest BCUT2D eigenvalue weighted by atomic mass is 32.2. The first kappa shape index (κ1) is 9.61. The van der Waals surface area contributed by atoms with Gasteiger partial charge in [-0.05, 0) is 13.2 Å². The summed E-state index contributed by atoms with van der Waals surface area (Å²) >= 11 is 1.76. The van der Waals surface area contributed by atoms with Crippen LogP contribution >= 0.6 is 11.8 Å². The van der Waals surface area contributed by atoms with Crippen LogP contribution in [0.2, 0.25) is 0 Å². The number of thioether (sulfide) groups is 1. The summed E-state index contributed by atoms with van der Waals surface area (Å²) < 4.78 is 1.90. The fourth-order valence-corrected chi connectivity index (χ4v) is 1.57. The molecule has 0 aliphatic rings. The van der Waals surface area contributed by atoms with Gasteiger partial charge in [-0.25, -0.2) is 0 Å². The van der Waals surface area contributed by atoms with Gasteiger partial charge in [0.1, 0.15) is 0 Å². The fourth-order valence-electron chi connectivity index (χ4n) is 1.02. The molecule has 1 atom stereocenters. The van der Waals surface area contributed by atoms with Crippen LogP contribution in [0, 0.1) is 0 Å². The number of nitrogens with zero attached hydrogens (tertiary/aromatic N) is 2. The Morgan fingerprint density at radius 3 is 3.00 bits per heavy atom. The number of hydrogen-bond acceptors (Lipinski definition) is 3. The Balaban J connectivity index is 2.61. The minimum atomic E-state index is 0.125. The number of nitrogens with two attached hydrogens (primary N) is 1. The van der Waals surface area contributed by atoms with Crippen LogP contribution in [-0.2, 0) is 6.54 Å². The lowest BCUT2D eigenvalue weighted by atomic mass is 10.2. The lowest BCUT2D eigenvalue weighted by molar-refractivity contribution is 0.658. The van der Waals surface area contributed by atoms with Gasteiger partial charge < -0.3 is 5.73 Å². The zero-order valence-corrected chi connectivity index (χ0v) is 8.34. The van der Waals surface area contributed by atoms with Crippen LogP contribution in [0.5, 0.6) is 0 Å². The van der Waals surface area contributed by atoms with Gasteiger partial charge in [0.2, 0.25) is 0 Å². The first-order chi connectivity index (χ1) is 5.77. The smallest absolute Gasteiger partial charge is 0.0537 e. The maximum atomic E-state index is 5.90. The molecule has 0 radical (unpaired) electrons. The number of hydrogen-bond donors (Lipinski definition) is 1. The second kappa shape index (κ2) is 4.52. The van der Waals surface area contributed by atoms with Gasteiger partial charge in [-0.1, -0.05) is 0 Å². The van der Waals surface area contributed by atoms with Crippen LogP contribution in [-0.4, -0.2) is 21.8 Å². The second-order valence-corrected chi connectivity index (χ2v) is 3.60. The van der Waals surface area contributed by atoms with E-state index in [4.69, 9.17) is 5.73 Å². The van der Waals surface area contributed by atoms with Gasteiger partial charge in [-0.3, -0.25) is 4.68 Å². The van der Waals surface area contributed by atoms with Crippen molar-refractivity contribution in [3.8, 4) is 0 Å². The molecular formula is C8H15N3S. The number of aryl methyl sites for hydroxylation is 1. The molecule has 1 aromatic rings. The summed E-state index contributed by atoms with van der Waals surface area (Å²) in [5, 5.41) is 4.17. The molecule has 1 heterocycles. The van der Waals surface area contributed by atoms with E-state index in [-0.39, 0.29) is 6.04 Å². The molecule has 1 rings (SSSR count). The summed E-state index contributed by atoms with van der Waals surface area (Å²) in [5.74, 6) is 0.954. The van der Waals surface area contributed by atoms with E-state index in [0.29, 0.717) is 0 Å². The molecule has 12 heavy (non-hydrogen) atoms. The monoisotopic (exact) mass is 185 g/mol. The Kier molecular flexibility index (Phi) is 3.62. The van der Waals surface area contributed by atoms with Gasteiger partial charge in [-0.2, -0.15) is 16.9 Å². The highest BCUT2D eigenvalue weighted by molar-refractivity contribution is 7.98. The highest BCUT2D eigenvalue weighted by Gasteiger charge is 2.06. The van der Waals surface area contributed by atoms with Crippen LogP contribution in [0.15, 0.2) is 12.4 Å². The topological polar surface area (TPSA) is 43.8 Å². The molecule has 0 saturated carbocycles. The molecular weight excluding hydrogens is 170 g/mol. The van der Waals surface area contributed by atoms with E-state index in [9.17, 15) is 0 Å². The van der Waals surface area contributed by atoms with Crippen molar-refractivity contribution in [3.05, 3.63) is 18.0 Å². The molecule has 0 aliphatic carbocycles. The van der Waals surface area contributed by atoms with Crippen LogP contribution in [0.4, 0.5) is 0 Å². The Morgan fingerprint density at radius 2 is 2.50 bits per heavy atom. The predicted octanol–water partition coefficient (Wildman–Crippen LogP) is 1.27. The van der Waals surface area contributed by atoms with Crippen LogP contribution in [0.3, 0.4) is 0 Å². The van der Waals surface area contributed by atoms with Gasteiger partial charge in [-0.15, -0.1) is 0 Å². The standard InChI is InChI=1S/C8H15N3S/c1-3-11-5-7(4-10-11)8(9)6-12-2/h4-5,8H,3,6,9H2,1-2H3. The summed E-state index contributed by atoms with van der Waals surface area (Å²) in [6.07, 6.45) is 5.93. The summed E-state index contributed by atoms with van der Waals surface area (Å²) in [6.45, 7) is 2.98. The maximum absolute atomic E-state index is 5.90. The fraction of sp³-hybridized carbons (Fsp3) is 0.625. The third-order valence-corrected chi connectivity index (χ3v) is 2.44. The molecule has 2 N–H and O–H groups in total. The van der Waals surface area contributed by atoms with E-state index in [0.717, 1.165) is 17.9 Å². The number of aromatic nitrogens is 2. The molecule has 0 spiro atoms. The van der Waals surface area contributed by atoms with Gasteiger partial charge in [0.25, 0.3) is 0 Å². The Labute approximate surface area is 77.3 Å². The predicted molar refractivity (Wildman–Crippen MR) is 53.2 cm³/mol. The summed E-state index contributed by atoms with van der Waals surface area (Å²) in [4.78, 5) is 0. The van der Waals surface area contributed by atoms with Gasteiger partial charge >= 0.3 is 0 Å². The van der Waals surface area contributed by atoms with Crippen molar-refractivity contribution >= 4 is 11.8 Å². The molecule has 0 fully saturated rings. The molecule has 3 nitrogen and oxygen atoms in total. The first-order valence-electron chi connectivity index (χ1n) is 4.04. The quantitative estimate of drug-likeness (QED) is 0.768. The Hall–Kier alpha value is -0.480. The maximum Gasteiger partial charge on any atom is 0.0537 e. The van der Waals surface area contributed by atoms with Crippen molar-refractivity contribution in [1.82, 2.24) is 9.78 Å². The summed E-state index contributed by atoms with van der Waals surface area (Å²) in [6, 6.07) is 0.125. The largest absolute Gasteiger partial charge is 0.323 e. The summed E-state index contributed by atoms with van der Waals surface area (Å²) in [7, 11) is 0. The average Bonchev–Trinajstić information content (AvgIpc) is 2.52. The molecule has 1 aromatic heterocycles. The van der Waals surface area contributed by atoms with Crippen LogP contribution in [0.1, 0.15) is 18.5 Å². The highest BCUT2D eigenvalue weighted by Crippen LogP contribution is 2.12. The van der Waals surface area contributed by atoms with Gasteiger partial charge in [0.15, 0.2) is 0 Å². The third-order valence-electron chi connectivity index (χ3n) is 1.75. The van der Waals surface area contributed by atoms with E-state index in [2.05, 4.69) is 18.3 Å². The van der Waals surface area contributed by atoms with Crippen molar-refractivity contribution in [2.45, 2.75) is 19.5 Å². The average molecular weight is 185 g/mol. The van der Waals surface area contributed by atoms with E-state index in [1.54, 1.807) is 11.8 Å². The van der Waals surface area contributed by atoms with E-state index in [1.807, 2.05) is 17.1 Å². The van der Waals surface area contributed by atoms with Crippen molar-refractivity contribution < 1.29 is 0 Å². The lowest BCUT2D eigenvalue weighted by Gasteiger charge is -2.05. The van der Waals surface area contributed by atoms with E-state index < -0.39 is 0 Å². The molecule has 1 unspecified atom stereocenters. The minimum absolute atomic E-state index is 0.125. The lowest BCUT2D eigenvalue weighted by Crippen LogP contribution is -2.11. The second-order valence-electron chi connectivity index (χ2n) is 2.69. The van der Waals surface area contributed by atoms with Crippen LogP contribution < -0.4 is 5.73 Å². The van der Waals surface area contributed by atoms with E-state index in [1.165, 1.54) is 0 Å². The molecule has 4 heteroatoms. The van der Waals surface area contributed by atoms with Crippen molar-refractivity contribution in [1.29, 1.82) is 0 Å². The van der Waals surface area contributed by atoms with Crippen molar-refractivity contribution in [2.24, 2.45) is 5.73 Å². The summed E-state index contributed by atoms with van der Waals surface area (Å²) in [5.41, 5.74) is 7.03. The molecule has 0 bridgehead atoms. The first-order valence-corrected chi connectivity index (χ1v) is 5.44. The molecule has 0 saturated heterocycles. The zero-order valence-electron chi connectivity index (χ0n) is 7.53. The van der Waals surface area contributed by atoms with Crippen LogP contribution in [0.25, 0.3) is 0 Å². The molecule has 0 aliphatic heterocycles.